The minimum atomic E-state index is 0.153. The van der Waals surface area contributed by atoms with Crippen LogP contribution in [0.1, 0.15) is 13.3 Å². The molecule has 0 amide bonds. The van der Waals surface area contributed by atoms with Gasteiger partial charge in [0.1, 0.15) is 0 Å². The Kier molecular flexibility index (Phi) is 1.27. The predicted octanol–water partition coefficient (Wildman–Crippen LogP) is 0.619. The lowest BCUT2D eigenvalue weighted by atomic mass is 9.91. The lowest BCUT2D eigenvalue weighted by Gasteiger charge is -2.11. The van der Waals surface area contributed by atoms with Gasteiger partial charge in [-0.15, -0.1) is 6.42 Å². The van der Waals surface area contributed by atoms with Crippen LogP contribution in [0.15, 0.2) is 0 Å². The first-order valence-electron chi connectivity index (χ1n) is 2.95. The van der Waals surface area contributed by atoms with Crippen molar-refractivity contribution in [2.75, 3.05) is 13.1 Å². The van der Waals surface area contributed by atoms with E-state index in [2.05, 4.69) is 18.2 Å². The van der Waals surface area contributed by atoms with Crippen molar-refractivity contribution in [3.63, 3.8) is 0 Å². The Morgan fingerprint density at radius 3 is 2.75 bits per heavy atom. The van der Waals surface area contributed by atoms with Gasteiger partial charge in [-0.3, -0.25) is 0 Å². The third kappa shape index (κ3) is 0.850. The van der Waals surface area contributed by atoms with E-state index in [0.717, 1.165) is 19.5 Å². The van der Waals surface area contributed by atoms with Crippen LogP contribution in [-0.2, 0) is 0 Å². The maximum atomic E-state index is 5.28. The Morgan fingerprint density at radius 1 is 1.75 bits per heavy atom. The van der Waals surface area contributed by atoms with Crippen molar-refractivity contribution in [3.05, 3.63) is 0 Å². The summed E-state index contributed by atoms with van der Waals surface area (Å²) in [4.78, 5) is 0. The normalized spacial score (nSPS) is 37.0. The van der Waals surface area contributed by atoms with Gasteiger partial charge >= 0.3 is 0 Å². The zero-order chi connectivity index (χ0) is 6.04. The Balaban J connectivity index is 2.56. The monoisotopic (exact) mass is 109 g/mol. The number of rotatable bonds is 0. The van der Waals surface area contributed by atoms with Crippen molar-refractivity contribution in [2.45, 2.75) is 13.3 Å². The van der Waals surface area contributed by atoms with E-state index < -0.39 is 0 Å². The van der Waals surface area contributed by atoms with E-state index in [-0.39, 0.29) is 5.41 Å². The fourth-order valence-corrected chi connectivity index (χ4v) is 0.940. The number of terminal acetylenes is 1. The van der Waals surface area contributed by atoms with Gasteiger partial charge in [0.05, 0.1) is 0 Å². The summed E-state index contributed by atoms with van der Waals surface area (Å²) in [5, 5.41) is 3.22. The van der Waals surface area contributed by atoms with Crippen LogP contribution in [0.5, 0.6) is 0 Å². The van der Waals surface area contributed by atoms with Crippen molar-refractivity contribution in [1.29, 1.82) is 0 Å². The fraction of sp³-hybridized carbons (Fsp3) is 0.714. The molecule has 44 valence electrons. The Labute approximate surface area is 50.5 Å². The van der Waals surface area contributed by atoms with Gasteiger partial charge in [-0.1, -0.05) is 5.92 Å². The maximum absolute atomic E-state index is 5.28. The minimum absolute atomic E-state index is 0.153. The zero-order valence-electron chi connectivity index (χ0n) is 5.20. The molecule has 1 aliphatic rings. The lowest BCUT2D eigenvalue weighted by molar-refractivity contribution is 0.504. The number of hydrogen-bond acceptors (Lipinski definition) is 1. The van der Waals surface area contributed by atoms with E-state index in [1.54, 1.807) is 0 Å². The van der Waals surface area contributed by atoms with Crippen LogP contribution in [0.25, 0.3) is 0 Å². The Hall–Kier alpha value is -0.480. The summed E-state index contributed by atoms with van der Waals surface area (Å²) < 4.78 is 0. The molecule has 0 aliphatic carbocycles. The highest BCUT2D eigenvalue weighted by Gasteiger charge is 2.24. The minimum Gasteiger partial charge on any atom is -0.315 e. The average Bonchev–Trinajstić information content (AvgIpc) is 2.17. The van der Waals surface area contributed by atoms with Crippen LogP contribution in [0, 0.1) is 17.8 Å². The number of nitrogens with one attached hydrogen (secondary N) is 1. The van der Waals surface area contributed by atoms with E-state index in [0.29, 0.717) is 0 Å². The maximum Gasteiger partial charge on any atom is 0.0420 e. The van der Waals surface area contributed by atoms with E-state index >= 15 is 0 Å². The van der Waals surface area contributed by atoms with Gasteiger partial charge in [0, 0.05) is 12.0 Å². The van der Waals surface area contributed by atoms with Gasteiger partial charge in [-0.2, -0.15) is 0 Å². The molecule has 0 radical (unpaired) electrons. The second kappa shape index (κ2) is 1.80. The fourth-order valence-electron chi connectivity index (χ4n) is 0.940. The molecular weight excluding hydrogens is 98.1 g/mol. The zero-order valence-corrected chi connectivity index (χ0v) is 5.20. The molecule has 0 aromatic carbocycles. The summed E-state index contributed by atoms with van der Waals surface area (Å²) in [5.74, 6) is 2.78. The predicted molar refractivity (Wildman–Crippen MR) is 34.4 cm³/mol. The molecule has 1 heterocycles. The summed E-state index contributed by atoms with van der Waals surface area (Å²) in [7, 11) is 0. The molecule has 1 rings (SSSR count). The number of hydrogen-bond donors (Lipinski definition) is 1. The van der Waals surface area contributed by atoms with Gasteiger partial charge < -0.3 is 5.32 Å². The van der Waals surface area contributed by atoms with Crippen LogP contribution in [0.2, 0.25) is 0 Å². The van der Waals surface area contributed by atoms with Crippen LogP contribution < -0.4 is 5.32 Å². The van der Waals surface area contributed by atoms with Crippen molar-refractivity contribution >= 4 is 0 Å². The highest BCUT2D eigenvalue weighted by atomic mass is 14.9. The van der Waals surface area contributed by atoms with Crippen molar-refractivity contribution in [1.82, 2.24) is 5.32 Å². The summed E-state index contributed by atoms with van der Waals surface area (Å²) in [6.45, 7) is 4.19. The molecule has 1 nitrogen and oxygen atoms in total. The van der Waals surface area contributed by atoms with Crippen LogP contribution in [-0.4, -0.2) is 13.1 Å². The second-order valence-electron chi connectivity index (χ2n) is 2.63. The quantitative estimate of drug-likeness (QED) is 0.450. The smallest absolute Gasteiger partial charge is 0.0420 e. The van der Waals surface area contributed by atoms with Crippen LogP contribution in [0.3, 0.4) is 0 Å². The SMILES string of the molecule is C#C[C@@]1(C)CCNC1. The third-order valence-corrected chi connectivity index (χ3v) is 1.72. The van der Waals surface area contributed by atoms with E-state index in [1.807, 2.05) is 0 Å². The standard InChI is InChI=1S/C7H11N/c1-3-7(2)4-5-8-6-7/h1,8H,4-6H2,2H3/t7-/m0/s1. The van der Waals surface area contributed by atoms with E-state index in [9.17, 15) is 0 Å². The first kappa shape index (κ1) is 5.65. The molecule has 1 saturated heterocycles. The van der Waals surface area contributed by atoms with E-state index in [1.165, 1.54) is 0 Å². The molecule has 0 aromatic heterocycles. The van der Waals surface area contributed by atoms with Gasteiger partial charge in [-0.05, 0) is 19.9 Å². The summed E-state index contributed by atoms with van der Waals surface area (Å²) in [5.41, 5.74) is 0.153. The Morgan fingerprint density at radius 2 is 2.50 bits per heavy atom. The van der Waals surface area contributed by atoms with Crippen LogP contribution >= 0.6 is 0 Å². The molecule has 1 N–H and O–H groups in total. The molecule has 1 aliphatic heterocycles. The second-order valence-corrected chi connectivity index (χ2v) is 2.63. The Bertz CT molecular complexity index is 115. The first-order valence-corrected chi connectivity index (χ1v) is 2.95. The average molecular weight is 109 g/mol. The molecule has 0 bridgehead atoms. The van der Waals surface area contributed by atoms with Gasteiger partial charge in [0.25, 0.3) is 0 Å². The molecule has 0 spiro atoms. The topological polar surface area (TPSA) is 12.0 Å². The molecule has 0 unspecified atom stereocenters. The first-order chi connectivity index (χ1) is 3.77. The van der Waals surface area contributed by atoms with Crippen molar-refractivity contribution in [2.24, 2.45) is 5.41 Å². The molecule has 8 heavy (non-hydrogen) atoms. The van der Waals surface area contributed by atoms with Gasteiger partial charge in [-0.25, -0.2) is 0 Å². The summed E-state index contributed by atoms with van der Waals surface area (Å²) in [6.07, 6.45) is 6.41. The van der Waals surface area contributed by atoms with Gasteiger partial charge in [0.15, 0.2) is 0 Å². The van der Waals surface area contributed by atoms with E-state index in [4.69, 9.17) is 6.42 Å². The largest absolute Gasteiger partial charge is 0.315 e. The molecule has 1 atom stereocenters. The van der Waals surface area contributed by atoms with Crippen molar-refractivity contribution < 1.29 is 0 Å². The molecule has 0 aromatic rings. The van der Waals surface area contributed by atoms with Crippen LogP contribution in [0.4, 0.5) is 0 Å². The van der Waals surface area contributed by atoms with Gasteiger partial charge in [0.2, 0.25) is 0 Å². The molecule has 1 fully saturated rings. The highest BCUT2D eigenvalue weighted by Crippen LogP contribution is 2.21. The van der Waals surface area contributed by atoms with Crippen molar-refractivity contribution in [3.8, 4) is 12.3 Å². The third-order valence-electron chi connectivity index (χ3n) is 1.72. The molecule has 0 saturated carbocycles. The molecular formula is C7H11N. The summed E-state index contributed by atoms with van der Waals surface area (Å²) in [6, 6.07) is 0. The lowest BCUT2D eigenvalue weighted by Crippen LogP contribution is -2.17. The molecule has 1 heteroatoms. The highest BCUT2D eigenvalue weighted by molar-refractivity contribution is 5.07. The summed E-state index contributed by atoms with van der Waals surface area (Å²) >= 11 is 0.